The molecular weight excluding hydrogens is 208 g/mol. The molecule has 0 aromatic rings. The molecule has 0 amide bonds. The minimum absolute atomic E-state index is 0.0355. The van der Waals surface area contributed by atoms with Crippen LogP contribution in [-0.2, 0) is 4.74 Å². The molecule has 1 heteroatoms. The van der Waals surface area contributed by atoms with Crippen molar-refractivity contribution in [2.24, 2.45) is 11.8 Å². The summed E-state index contributed by atoms with van der Waals surface area (Å²) in [6.45, 7) is 18.2. The van der Waals surface area contributed by atoms with Crippen LogP contribution in [0, 0.1) is 11.8 Å². The van der Waals surface area contributed by atoms with E-state index in [9.17, 15) is 0 Å². The molecule has 0 bridgehead atoms. The Balaban J connectivity index is 4.70. The molecule has 0 heterocycles. The molecule has 0 saturated heterocycles. The van der Waals surface area contributed by atoms with Gasteiger partial charge in [-0.15, -0.1) is 0 Å². The van der Waals surface area contributed by atoms with E-state index in [1.54, 1.807) is 0 Å². The topological polar surface area (TPSA) is 9.23 Å². The lowest BCUT2D eigenvalue weighted by Gasteiger charge is -2.41. The SMILES string of the molecule is CCC(C)(CC(C)C)OC(C)(CC)CC(C)C. The minimum Gasteiger partial charge on any atom is -0.369 e. The van der Waals surface area contributed by atoms with E-state index in [4.69, 9.17) is 4.74 Å². The molecule has 2 unspecified atom stereocenters. The fourth-order valence-electron chi connectivity index (χ4n) is 2.84. The Hall–Kier alpha value is -0.0400. The first-order valence-electron chi connectivity index (χ1n) is 7.36. The van der Waals surface area contributed by atoms with Gasteiger partial charge in [0.05, 0.1) is 11.2 Å². The van der Waals surface area contributed by atoms with E-state index >= 15 is 0 Å². The third-order valence-electron chi connectivity index (χ3n) is 3.67. The minimum atomic E-state index is 0.0355. The molecular formula is C16H34O. The van der Waals surface area contributed by atoms with Gasteiger partial charge in [0.2, 0.25) is 0 Å². The van der Waals surface area contributed by atoms with E-state index in [-0.39, 0.29) is 11.2 Å². The van der Waals surface area contributed by atoms with Crippen LogP contribution in [-0.4, -0.2) is 11.2 Å². The van der Waals surface area contributed by atoms with Gasteiger partial charge in [0.1, 0.15) is 0 Å². The summed E-state index contributed by atoms with van der Waals surface area (Å²) in [7, 11) is 0. The van der Waals surface area contributed by atoms with Crippen LogP contribution in [0.3, 0.4) is 0 Å². The van der Waals surface area contributed by atoms with Crippen molar-refractivity contribution in [1.29, 1.82) is 0 Å². The first-order valence-corrected chi connectivity index (χ1v) is 7.36. The smallest absolute Gasteiger partial charge is 0.0661 e. The summed E-state index contributed by atoms with van der Waals surface area (Å²) in [6.07, 6.45) is 4.49. The predicted octanol–water partition coefficient (Wildman–Crippen LogP) is 5.43. The fraction of sp³-hybridized carbons (Fsp3) is 1.00. The van der Waals surface area contributed by atoms with Gasteiger partial charge in [-0.05, 0) is 51.4 Å². The Morgan fingerprint density at radius 3 is 1.24 bits per heavy atom. The second-order valence-corrected chi connectivity index (χ2v) is 6.90. The summed E-state index contributed by atoms with van der Waals surface area (Å²) < 4.78 is 6.55. The van der Waals surface area contributed by atoms with Crippen LogP contribution in [0.15, 0.2) is 0 Å². The van der Waals surface area contributed by atoms with E-state index in [1.165, 1.54) is 0 Å². The highest BCUT2D eigenvalue weighted by Crippen LogP contribution is 2.34. The van der Waals surface area contributed by atoms with Gasteiger partial charge in [-0.1, -0.05) is 41.5 Å². The number of rotatable bonds is 8. The molecule has 0 fully saturated rings. The van der Waals surface area contributed by atoms with Crippen molar-refractivity contribution in [2.45, 2.75) is 92.3 Å². The molecule has 1 nitrogen and oxygen atoms in total. The van der Waals surface area contributed by atoms with Crippen molar-refractivity contribution in [1.82, 2.24) is 0 Å². The van der Waals surface area contributed by atoms with Crippen LogP contribution < -0.4 is 0 Å². The van der Waals surface area contributed by atoms with Gasteiger partial charge < -0.3 is 4.74 Å². The van der Waals surface area contributed by atoms with Crippen molar-refractivity contribution in [3.8, 4) is 0 Å². The molecule has 104 valence electrons. The lowest BCUT2D eigenvalue weighted by atomic mass is 9.87. The van der Waals surface area contributed by atoms with Crippen molar-refractivity contribution >= 4 is 0 Å². The normalized spacial score (nSPS) is 19.4. The van der Waals surface area contributed by atoms with Crippen LogP contribution in [0.1, 0.15) is 81.1 Å². The van der Waals surface area contributed by atoms with Crippen molar-refractivity contribution in [3.63, 3.8) is 0 Å². The Morgan fingerprint density at radius 1 is 0.765 bits per heavy atom. The second kappa shape index (κ2) is 6.78. The molecule has 0 aliphatic heterocycles. The zero-order valence-electron chi connectivity index (χ0n) is 13.4. The molecule has 0 radical (unpaired) electrons. The Morgan fingerprint density at radius 2 is 1.06 bits per heavy atom. The molecule has 2 atom stereocenters. The Bertz CT molecular complexity index is 188. The van der Waals surface area contributed by atoms with Gasteiger partial charge in [0.15, 0.2) is 0 Å². The van der Waals surface area contributed by atoms with E-state index in [2.05, 4.69) is 55.4 Å². The highest BCUT2D eigenvalue weighted by molar-refractivity contribution is 4.83. The fourth-order valence-corrected chi connectivity index (χ4v) is 2.84. The third-order valence-corrected chi connectivity index (χ3v) is 3.67. The number of hydrogen-bond donors (Lipinski definition) is 0. The zero-order valence-corrected chi connectivity index (χ0v) is 13.4. The summed E-state index contributed by atoms with van der Waals surface area (Å²) in [5.74, 6) is 1.39. The maximum atomic E-state index is 6.55. The van der Waals surface area contributed by atoms with Crippen LogP contribution >= 0.6 is 0 Å². The van der Waals surface area contributed by atoms with Gasteiger partial charge in [-0.3, -0.25) is 0 Å². The average Bonchev–Trinajstić information content (AvgIpc) is 2.15. The lowest BCUT2D eigenvalue weighted by Crippen LogP contribution is -2.42. The Labute approximate surface area is 109 Å². The highest BCUT2D eigenvalue weighted by Gasteiger charge is 2.34. The Kier molecular flexibility index (Phi) is 6.76. The second-order valence-electron chi connectivity index (χ2n) is 6.90. The summed E-state index contributed by atoms with van der Waals surface area (Å²) in [6, 6.07) is 0. The zero-order chi connectivity index (χ0) is 13.7. The molecule has 0 rings (SSSR count). The molecule has 0 N–H and O–H groups in total. The van der Waals surface area contributed by atoms with Crippen molar-refractivity contribution in [2.75, 3.05) is 0 Å². The van der Waals surface area contributed by atoms with E-state index in [1.807, 2.05) is 0 Å². The van der Waals surface area contributed by atoms with Crippen LogP contribution in [0.4, 0.5) is 0 Å². The molecule has 17 heavy (non-hydrogen) atoms. The molecule has 0 aliphatic carbocycles. The van der Waals surface area contributed by atoms with E-state index in [0.717, 1.165) is 25.7 Å². The summed E-state index contributed by atoms with van der Waals surface area (Å²) in [4.78, 5) is 0. The summed E-state index contributed by atoms with van der Waals surface area (Å²) in [5, 5.41) is 0. The van der Waals surface area contributed by atoms with Gasteiger partial charge in [-0.25, -0.2) is 0 Å². The van der Waals surface area contributed by atoms with Gasteiger partial charge in [0.25, 0.3) is 0 Å². The lowest BCUT2D eigenvalue weighted by molar-refractivity contribution is -0.158. The van der Waals surface area contributed by atoms with Gasteiger partial charge in [0, 0.05) is 0 Å². The third kappa shape index (κ3) is 6.45. The van der Waals surface area contributed by atoms with Crippen LogP contribution in [0.5, 0.6) is 0 Å². The first-order chi connectivity index (χ1) is 7.66. The summed E-state index contributed by atoms with van der Waals surface area (Å²) in [5.41, 5.74) is 0.0711. The maximum Gasteiger partial charge on any atom is 0.0661 e. The first kappa shape index (κ1) is 17.0. The number of ether oxygens (including phenoxy) is 1. The quantitative estimate of drug-likeness (QED) is 0.551. The molecule has 0 aromatic carbocycles. The molecule has 0 aliphatic rings. The standard InChI is InChI=1S/C16H34O/c1-9-15(7,11-13(3)4)17-16(8,10-2)12-14(5)6/h13-14H,9-12H2,1-8H3. The van der Waals surface area contributed by atoms with Crippen molar-refractivity contribution in [3.05, 3.63) is 0 Å². The highest BCUT2D eigenvalue weighted by atomic mass is 16.5. The number of hydrogen-bond acceptors (Lipinski definition) is 1. The molecule has 0 saturated carbocycles. The van der Waals surface area contributed by atoms with E-state index < -0.39 is 0 Å². The van der Waals surface area contributed by atoms with E-state index in [0.29, 0.717) is 11.8 Å². The van der Waals surface area contributed by atoms with Gasteiger partial charge in [-0.2, -0.15) is 0 Å². The van der Waals surface area contributed by atoms with Crippen LogP contribution in [0.2, 0.25) is 0 Å². The molecule has 0 aromatic heterocycles. The maximum absolute atomic E-state index is 6.55. The van der Waals surface area contributed by atoms with Gasteiger partial charge >= 0.3 is 0 Å². The monoisotopic (exact) mass is 242 g/mol. The van der Waals surface area contributed by atoms with Crippen LogP contribution in [0.25, 0.3) is 0 Å². The largest absolute Gasteiger partial charge is 0.369 e. The predicted molar refractivity (Wildman–Crippen MR) is 77.4 cm³/mol. The summed E-state index contributed by atoms with van der Waals surface area (Å²) >= 11 is 0. The molecule has 0 spiro atoms. The average molecular weight is 242 g/mol. The van der Waals surface area contributed by atoms with Crippen molar-refractivity contribution < 1.29 is 4.74 Å².